The molecule has 0 aliphatic heterocycles. The lowest BCUT2D eigenvalue weighted by molar-refractivity contribution is 0.347. The van der Waals surface area contributed by atoms with Crippen LogP contribution in [0.5, 0.6) is 11.5 Å². The third-order valence-corrected chi connectivity index (χ3v) is 6.33. The number of anilines is 2. The number of nitrogens with zero attached hydrogens (tertiary/aromatic N) is 2. The molecule has 1 aliphatic rings. The molecular formula is C26H34N4O2. The van der Waals surface area contributed by atoms with Crippen molar-refractivity contribution in [3.63, 3.8) is 0 Å². The monoisotopic (exact) mass is 434 g/mol. The number of nitrogens with one attached hydrogen (secondary N) is 2. The zero-order valence-corrected chi connectivity index (χ0v) is 19.5. The Hall–Kier alpha value is -2.99. The third kappa shape index (κ3) is 5.07. The zero-order valence-electron chi connectivity index (χ0n) is 19.5. The number of methoxy groups -OCH3 is 2. The Morgan fingerprint density at radius 2 is 1.69 bits per heavy atom. The molecule has 0 saturated heterocycles. The zero-order chi connectivity index (χ0) is 22.5. The molecule has 0 spiro atoms. The normalized spacial score (nSPS) is 18.4. The van der Waals surface area contributed by atoms with Crippen molar-refractivity contribution in [1.82, 2.24) is 10.3 Å². The molecule has 170 valence electrons. The summed E-state index contributed by atoms with van der Waals surface area (Å²) in [5.74, 6) is 2.65. The van der Waals surface area contributed by atoms with Crippen LogP contribution in [0.2, 0.25) is 0 Å². The molecule has 0 amide bonds. The second-order valence-corrected chi connectivity index (χ2v) is 8.69. The molecule has 1 aromatic heterocycles. The van der Waals surface area contributed by atoms with Crippen molar-refractivity contribution in [2.45, 2.75) is 44.3 Å². The Labute approximate surface area is 190 Å². The summed E-state index contributed by atoms with van der Waals surface area (Å²) in [4.78, 5) is 7.02. The molecule has 32 heavy (non-hydrogen) atoms. The summed E-state index contributed by atoms with van der Waals surface area (Å²) in [6, 6.07) is 17.5. The largest absolute Gasteiger partial charge is 0.497 e. The van der Waals surface area contributed by atoms with Crippen LogP contribution in [0.4, 0.5) is 11.5 Å². The van der Waals surface area contributed by atoms with Crippen LogP contribution in [-0.4, -0.2) is 45.4 Å². The number of hydrogen-bond acceptors (Lipinski definition) is 6. The van der Waals surface area contributed by atoms with Gasteiger partial charge in [0.1, 0.15) is 17.3 Å². The van der Waals surface area contributed by atoms with Gasteiger partial charge < -0.3 is 25.0 Å². The van der Waals surface area contributed by atoms with Crippen LogP contribution in [0.3, 0.4) is 0 Å². The average Bonchev–Trinajstić information content (AvgIpc) is 2.83. The van der Waals surface area contributed by atoms with Crippen LogP contribution in [0.15, 0.2) is 48.5 Å². The van der Waals surface area contributed by atoms with E-state index in [1.165, 1.54) is 11.1 Å². The van der Waals surface area contributed by atoms with E-state index in [2.05, 4.69) is 60.0 Å². The van der Waals surface area contributed by atoms with E-state index in [0.717, 1.165) is 60.6 Å². The summed E-state index contributed by atoms with van der Waals surface area (Å²) in [5.41, 5.74) is 3.39. The van der Waals surface area contributed by atoms with E-state index >= 15 is 0 Å². The first-order valence-electron chi connectivity index (χ1n) is 11.4. The fraction of sp³-hybridized carbons (Fsp3) is 0.423. The summed E-state index contributed by atoms with van der Waals surface area (Å²) in [6.45, 7) is 0.800. The minimum absolute atomic E-state index is 0.451. The Bertz CT molecular complexity index is 1050. The van der Waals surface area contributed by atoms with Crippen LogP contribution in [-0.2, 0) is 6.54 Å². The maximum absolute atomic E-state index is 5.53. The van der Waals surface area contributed by atoms with Crippen molar-refractivity contribution < 1.29 is 9.47 Å². The molecule has 2 aromatic carbocycles. The number of benzene rings is 2. The number of hydrogen-bond donors (Lipinski definition) is 2. The molecular weight excluding hydrogens is 400 g/mol. The van der Waals surface area contributed by atoms with Gasteiger partial charge >= 0.3 is 0 Å². The molecule has 1 saturated carbocycles. The quantitative estimate of drug-likeness (QED) is 0.530. The molecule has 6 nitrogen and oxygen atoms in total. The van der Waals surface area contributed by atoms with Crippen molar-refractivity contribution in [1.29, 1.82) is 0 Å². The van der Waals surface area contributed by atoms with Crippen molar-refractivity contribution >= 4 is 22.4 Å². The SMILES string of the molecule is COc1ccc(CN[C@H]2CC[C@@H](Nc3cc(N(C)C)c4ccccc4n3)CC2)c(OC)c1. The van der Waals surface area contributed by atoms with Crippen LogP contribution in [0.25, 0.3) is 10.9 Å². The second-order valence-electron chi connectivity index (χ2n) is 8.69. The highest BCUT2D eigenvalue weighted by atomic mass is 16.5. The fourth-order valence-corrected chi connectivity index (χ4v) is 4.50. The molecule has 1 aliphatic carbocycles. The molecule has 0 bridgehead atoms. The topological polar surface area (TPSA) is 58.7 Å². The van der Waals surface area contributed by atoms with E-state index in [9.17, 15) is 0 Å². The lowest BCUT2D eigenvalue weighted by atomic mass is 9.91. The van der Waals surface area contributed by atoms with Gasteiger partial charge in [0.15, 0.2) is 0 Å². The summed E-state index contributed by atoms with van der Waals surface area (Å²) in [6.07, 6.45) is 4.54. The maximum atomic E-state index is 5.53. The van der Waals surface area contributed by atoms with Crippen LogP contribution in [0, 0.1) is 0 Å². The van der Waals surface area contributed by atoms with E-state index in [1.54, 1.807) is 14.2 Å². The van der Waals surface area contributed by atoms with Crippen LogP contribution in [0.1, 0.15) is 31.2 Å². The Morgan fingerprint density at radius 1 is 0.938 bits per heavy atom. The molecule has 4 rings (SSSR count). The van der Waals surface area contributed by atoms with Crippen molar-refractivity contribution in [2.24, 2.45) is 0 Å². The van der Waals surface area contributed by atoms with Gasteiger partial charge in [0, 0.05) is 61.5 Å². The Kier molecular flexibility index (Phi) is 7.00. The van der Waals surface area contributed by atoms with E-state index in [4.69, 9.17) is 14.5 Å². The minimum Gasteiger partial charge on any atom is -0.497 e. The lowest BCUT2D eigenvalue weighted by Gasteiger charge is -2.30. The number of para-hydroxylation sites is 1. The molecule has 3 aromatic rings. The molecule has 0 atom stereocenters. The van der Waals surface area contributed by atoms with Gasteiger partial charge in [-0.3, -0.25) is 0 Å². The summed E-state index contributed by atoms with van der Waals surface area (Å²) < 4.78 is 10.8. The van der Waals surface area contributed by atoms with Gasteiger partial charge in [-0.05, 0) is 37.8 Å². The first kappa shape index (κ1) is 22.2. The molecule has 1 heterocycles. The molecule has 2 N–H and O–H groups in total. The number of ether oxygens (including phenoxy) is 2. The predicted molar refractivity (Wildman–Crippen MR) is 132 cm³/mol. The molecule has 0 unspecified atom stereocenters. The van der Waals surface area contributed by atoms with E-state index in [0.29, 0.717) is 12.1 Å². The second kappa shape index (κ2) is 10.1. The lowest BCUT2D eigenvalue weighted by Crippen LogP contribution is -2.36. The number of pyridine rings is 1. The van der Waals surface area contributed by atoms with Gasteiger partial charge in [-0.2, -0.15) is 0 Å². The van der Waals surface area contributed by atoms with Gasteiger partial charge in [-0.15, -0.1) is 0 Å². The smallest absolute Gasteiger partial charge is 0.128 e. The highest BCUT2D eigenvalue weighted by molar-refractivity contribution is 5.93. The maximum Gasteiger partial charge on any atom is 0.128 e. The summed E-state index contributed by atoms with van der Waals surface area (Å²) in [5, 5.41) is 8.59. The molecule has 1 fully saturated rings. The minimum atomic E-state index is 0.451. The predicted octanol–water partition coefficient (Wildman–Crippen LogP) is 4.83. The molecule has 6 heteroatoms. The standard InChI is InChI=1S/C26H34N4O2/c1-30(2)24-16-26(29-23-8-6-5-7-22(23)24)28-20-12-10-19(11-13-20)27-17-18-9-14-21(31-3)15-25(18)32-4/h5-9,14-16,19-20,27H,10-13,17H2,1-4H3,(H,28,29)/t19-,20+. The van der Waals surface area contributed by atoms with Gasteiger partial charge in [0.2, 0.25) is 0 Å². The van der Waals surface area contributed by atoms with Crippen molar-refractivity contribution in [3.8, 4) is 11.5 Å². The number of rotatable bonds is 8. The van der Waals surface area contributed by atoms with Crippen LogP contribution < -0.4 is 25.0 Å². The van der Waals surface area contributed by atoms with Gasteiger partial charge in [0.05, 0.1) is 19.7 Å². The fourth-order valence-electron chi connectivity index (χ4n) is 4.50. The van der Waals surface area contributed by atoms with Crippen LogP contribution >= 0.6 is 0 Å². The van der Waals surface area contributed by atoms with Gasteiger partial charge in [0.25, 0.3) is 0 Å². The van der Waals surface area contributed by atoms with E-state index in [-0.39, 0.29) is 0 Å². The number of aromatic nitrogens is 1. The number of fused-ring (bicyclic) bond motifs is 1. The molecule has 0 radical (unpaired) electrons. The first-order chi connectivity index (χ1) is 15.6. The third-order valence-electron chi connectivity index (χ3n) is 6.33. The van der Waals surface area contributed by atoms with Crippen molar-refractivity contribution in [3.05, 3.63) is 54.1 Å². The Morgan fingerprint density at radius 3 is 2.41 bits per heavy atom. The van der Waals surface area contributed by atoms with Crippen molar-refractivity contribution in [2.75, 3.05) is 38.5 Å². The Balaban J connectivity index is 1.34. The average molecular weight is 435 g/mol. The first-order valence-corrected chi connectivity index (χ1v) is 11.4. The highest BCUT2D eigenvalue weighted by Gasteiger charge is 2.22. The van der Waals surface area contributed by atoms with Gasteiger partial charge in [-0.25, -0.2) is 4.98 Å². The summed E-state index contributed by atoms with van der Waals surface area (Å²) in [7, 11) is 7.55. The summed E-state index contributed by atoms with van der Waals surface area (Å²) >= 11 is 0. The van der Waals surface area contributed by atoms with E-state index in [1.807, 2.05) is 18.2 Å². The van der Waals surface area contributed by atoms with E-state index < -0.39 is 0 Å². The highest BCUT2D eigenvalue weighted by Crippen LogP contribution is 2.30. The van der Waals surface area contributed by atoms with Gasteiger partial charge in [-0.1, -0.05) is 24.3 Å².